The van der Waals surface area contributed by atoms with Gasteiger partial charge in [0.2, 0.25) is 0 Å². The van der Waals surface area contributed by atoms with Crippen molar-refractivity contribution in [2.45, 2.75) is 31.8 Å². The molecule has 27 heavy (non-hydrogen) atoms. The first-order chi connectivity index (χ1) is 13.2. The van der Waals surface area contributed by atoms with E-state index in [1.165, 1.54) is 5.56 Å². The predicted molar refractivity (Wildman–Crippen MR) is 101 cm³/mol. The van der Waals surface area contributed by atoms with Crippen LogP contribution in [0.2, 0.25) is 0 Å². The van der Waals surface area contributed by atoms with Gasteiger partial charge in [-0.15, -0.1) is 0 Å². The topological polar surface area (TPSA) is 80.5 Å². The van der Waals surface area contributed by atoms with Gasteiger partial charge >= 0.3 is 0 Å². The molecule has 2 aliphatic heterocycles. The number of hydrogen-bond donors (Lipinski definition) is 2. The Kier molecular flexibility index (Phi) is 3.97. The van der Waals surface area contributed by atoms with Crippen molar-refractivity contribution >= 4 is 17.3 Å². The molecule has 1 saturated carbocycles. The first kappa shape index (κ1) is 16.5. The minimum Gasteiger partial charge on any atom is -0.381 e. The van der Waals surface area contributed by atoms with Crippen molar-refractivity contribution in [1.82, 2.24) is 15.2 Å². The van der Waals surface area contributed by atoms with Crippen LogP contribution in [0, 0.1) is 11.3 Å². The molecule has 1 saturated heterocycles. The highest BCUT2D eigenvalue weighted by atomic mass is 16.5. The highest BCUT2D eigenvalue weighted by Crippen LogP contribution is 2.49. The van der Waals surface area contributed by atoms with Gasteiger partial charge in [-0.2, -0.15) is 10.2 Å². The summed E-state index contributed by atoms with van der Waals surface area (Å²) in [4.78, 5) is 12.8. The maximum absolute atomic E-state index is 12.8. The fraction of sp³-hybridized carbons (Fsp3) is 0.450. The second kappa shape index (κ2) is 6.49. The third kappa shape index (κ3) is 3.12. The zero-order valence-electron chi connectivity index (χ0n) is 15.1. The summed E-state index contributed by atoms with van der Waals surface area (Å²) in [6.45, 7) is 2.31. The summed E-state index contributed by atoms with van der Waals surface area (Å²) in [7, 11) is 0. The Morgan fingerprint density at radius 3 is 3.04 bits per heavy atom. The van der Waals surface area contributed by atoms with E-state index in [0.29, 0.717) is 17.9 Å². The number of benzene rings is 1. The van der Waals surface area contributed by atoms with E-state index in [0.717, 1.165) is 32.5 Å². The molecule has 3 aliphatic rings. The molecule has 1 aromatic carbocycles. The number of rotatable bonds is 4. The lowest BCUT2D eigenvalue weighted by atomic mass is 9.84. The lowest BCUT2D eigenvalue weighted by Gasteiger charge is -2.21. The zero-order chi connectivity index (χ0) is 18.3. The number of nitrogens with one attached hydrogen (secondary N) is 2. The standard InChI is InChI=1S/C20H23N5O2/c26-19(18-16-8-20(6-7-27-13-20)9-17(16)23-24-18)22-15-10-21-25(12-15)11-14-4-2-1-3-5-14/h1-5,10,12,16-17,23H,6-9,11,13H2,(H,22,26). The number of fused-ring (bicyclic) bond motifs is 1. The molecule has 5 rings (SSSR count). The van der Waals surface area contributed by atoms with E-state index >= 15 is 0 Å². The predicted octanol–water partition coefficient (Wildman–Crippen LogP) is 2.01. The van der Waals surface area contributed by atoms with Gasteiger partial charge in [-0.3, -0.25) is 9.48 Å². The third-order valence-corrected chi connectivity index (χ3v) is 5.99. The molecule has 2 N–H and O–H groups in total. The summed E-state index contributed by atoms with van der Waals surface area (Å²) >= 11 is 0. The minimum atomic E-state index is -0.134. The number of carbonyl (C=O) groups excluding carboxylic acids is 1. The molecule has 7 nitrogen and oxygen atoms in total. The number of anilines is 1. The van der Waals surface area contributed by atoms with Gasteiger partial charge in [-0.25, -0.2) is 0 Å². The van der Waals surface area contributed by atoms with Crippen LogP contribution >= 0.6 is 0 Å². The van der Waals surface area contributed by atoms with Crippen LogP contribution in [0.5, 0.6) is 0 Å². The van der Waals surface area contributed by atoms with Crippen LogP contribution in [-0.2, 0) is 16.1 Å². The molecule has 1 aliphatic carbocycles. The highest BCUT2D eigenvalue weighted by Gasteiger charge is 2.52. The molecule has 2 fully saturated rings. The van der Waals surface area contributed by atoms with Crippen molar-refractivity contribution in [3.8, 4) is 0 Å². The third-order valence-electron chi connectivity index (χ3n) is 5.99. The molecule has 1 spiro atoms. The number of aromatic nitrogens is 2. The van der Waals surface area contributed by atoms with Crippen molar-refractivity contribution in [2.75, 3.05) is 18.5 Å². The van der Waals surface area contributed by atoms with Crippen molar-refractivity contribution in [3.05, 3.63) is 48.3 Å². The maximum atomic E-state index is 12.8. The van der Waals surface area contributed by atoms with Gasteiger partial charge in [-0.1, -0.05) is 30.3 Å². The van der Waals surface area contributed by atoms with E-state index in [4.69, 9.17) is 4.74 Å². The summed E-state index contributed by atoms with van der Waals surface area (Å²) in [5.74, 6) is 0.0382. The number of ether oxygens (including phenoxy) is 1. The van der Waals surface area contributed by atoms with Crippen molar-refractivity contribution < 1.29 is 9.53 Å². The summed E-state index contributed by atoms with van der Waals surface area (Å²) in [5.41, 5.74) is 5.87. The van der Waals surface area contributed by atoms with E-state index in [9.17, 15) is 4.79 Å². The maximum Gasteiger partial charge on any atom is 0.272 e. The van der Waals surface area contributed by atoms with Gasteiger partial charge in [0.15, 0.2) is 0 Å². The van der Waals surface area contributed by atoms with E-state index in [-0.39, 0.29) is 23.3 Å². The molecular formula is C20H23N5O2. The molecule has 140 valence electrons. The van der Waals surface area contributed by atoms with Crippen molar-refractivity contribution in [2.24, 2.45) is 16.4 Å². The number of amides is 1. The average Bonchev–Trinajstić information content (AvgIpc) is 3.43. The van der Waals surface area contributed by atoms with E-state index in [1.807, 2.05) is 29.1 Å². The second-order valence-corrected chi connectivity index (χ2v) is 7.92. The van der Waals surface area contributed by atoms with E-state index < -0.39 is 0 Å². The number of hydrazone groups is 1. The van der Waals surface area contributed by atoms with Crippen LogP contribution in [0.4, 0.5) is 5.69 Å². The van der Waals surface area contributed by atoms with Gasteiger partial charge < -0.3 is 15.5 Å². The Labute approximate surface area is 157 Å². The molecule has 1 aromatic heterocycles. The van der Waals surface area contributed by atoms with E-state index in [1.54, 1.807) is 6.20 Å². The molecule has 0 radical (unpaired) electrons. The van der Waals surface area contributed by atoms with Crippen molar-refractivity contribution in [3.63, 3.8) is 0 Å². The first-order valence-electron chi connectivity index (χ1n) is 9.49. The lowest BCUT2D eigenvalue weighted by Crippen LogP contribution is -2.30. The normalized spacial score (nSPS) is 28.8. The van der Waals surface area contributed by atoms with E-state index in [2.05, 4.69) is 33.1 Å². The van der Waals surface area contributed by atoms with Crippen LogP contribution in [0.15, 0.2) is 47.8 Å². The summed E-state index contributed by atoms with van der Waals surface area (Å²) < 4.78 is 7.43. The Morgan fingerprint density at radius 1 is 1.33 bits per heavy atom. The molecule has 3 heterocycles. The zero-order valence-corrected chi connectivity index (χ0v) is 15.1. The largest absolute Gasteiger partial charge is 0.381 e. The molecular weight excluding hydrogens is 342 g/mol. The van der Waals surface area contributed by atoms with Gasteiger partial charge in [0.25, 0.3) is 5.91 Å². The van der Waals surface area contributed by atoms with Gasteiger partial charge in [0.05, 0.1) is 31.1 Å². The fourth-order valence-electron chi connectivity index (χ4n) is 4.63. The van der Waals surface area contributed by atoms with Gasteiger partial charge in [0, 0.05) is 18.7 Å². The minimum absolute atomic E-state index is 0.134. The molecule has 3 unspecified atom stereocenters. The summed E-state index contributed by atoms with van der Waals surface area (Å²) in [6.07, 6.45) is 6.63. The Hall–Kier alpha value is -2.67. The second-order valence-electron chi connectivity index (χ2n) is 7.92. The Bertz CT molecular complexity index is 870. The molecule has 7 heteroatoms. The Balaban J connectivity index is 1.24. The van der Waals surface area contributed by atoms with Crippen LogP contribution < -0.4 is 10.7 Å². The summed E-state index contributed by atoms with van der Waals surface area (Å²) in [6, 6.07) is 10.4. The lowest BCUT2D eigenvalue weighted by molar-refractivity contribution is -0.110. The van der Waals surface area contributed by atoms with Crippen LogP contribution in [0.3, 0.4) is 0 Å². The SMILES string of the molecule is O=C(Nc1cnn(Cc2ccccc2)c1)C1=NNC2CC3(CCOC3)CC12. The average molecular weight is 365 g/mol. The first-order valence-corrected chi connectivity index (χ1v) is 9.49. The van der Waals surface area contributed by atoms with Crippen LogP contribution in [0.25, 0.3) is 0 Å². The monoisotopic (exact) mass is 365 g/mol. The Morgan fingerprint density at radius 2 is 2.22 bits per heavy atom. The van der Waals surface area contributed by atoms with Gasteiger partial charge in [0.1, 0.15) is 5.71 Å². The smallest absolute Gasteiger partial charge is 0.272 e. The van der Waals surface area contributed by atoms with Crippen LogP contribution in [0.1, 0.15) is 24.8 Å². The number of nitrogens with zero attached hydrogens (tertiary/aromatic N) is 3. The summed E-state index contributed by atoms with van der Waals surface area (Å²) in [5, 5.41) is 11.6. The highest BCUT2D eigenvalue weighted by molar-refractivity contribution is 6.44. The quantitative estimate of drug-likeness (QED) is 0.869. The molecule has 3 atom stereocenters. The molecule has 0 bridgehead atoms. The van der Waals surface area contributed by atoms with Crippen molar-refractivity contribution in [1.29, 1.82) is 0 Å². The molecule has 2 aromatic rings. The number of carbonyl (C=O) groups is 1. The number of hydrogen-bond acceptors (Lipinski definition) is 5. The van der Waals surface area contributed by atoms with Gasteiger partial charge in [-0.05, 0) is 30.2 Å². The molecule has 1 amide bonds. The van der Waals surface area contributed by atoms with Crippen LogP contribution in [-0.4, -0.2) is 40.7 Å². The fourth-order valence-corrected chi connectivity index (χ4v) is 4.63.